The van der Waals surface area contributed by atoms with Gasteiger partial charge in [0.15, 0.2) is 0 Å². The highest BCUT2D eigenvalue weighted by Gasteiger charge is 2.15. The molecule has 6 heteroatoms. The van der Waals surface area contributed by atoms with Crippen LogP contribution < -0.4 is 11.1 Å². The number of nitrogens with two attached hydrogens (primary N) is 1. The second-order valence-electron chi connectivity index (χ2n) is 5.34. The molecule has 0 aliphatic rings. The first-order valence-electron chi connectivity index (χ1n) is 7.81. The molecule has 1 atom stereocenters. The van der Waals surface area contributed by atoms with E-state index >= 15 is 0 Å². The Morgan fingerprint density at radius 1 is 1.21 bits per heavy atom. The number of benzene rings is 1. The summed E-state index contributed by atoms with van der Waals surface area (Å²) < 4.78 is 0. The van der Waals surface area contributed by atoms with Crippen molar-refractivity contribution < 1.29 is 9.59 Å². The van der Waals surface area contributed by atoms with E-state index < -0.39 is 5.91 Å². The van der Waals surface area contributed by atoms with Gasteiger partial charge in [0.05, 0.1) is 11.3 Å². The Morgan fingerprint density at radius 2 is 1.96 bits per heavy atom. The summed E-state index contributed by atoms with van der Waals surface area (Å²) >= 11 is 1.17. The van der Waals surface area contributed by atoms with Crippen LogP contribution in [0.5, 0.6) is 0 Å². The summed E-state index contributed by atoms with van der Waals surface area (Å²) in [6, 6.07) is 13.5. The lowest BCUT2D eigenvalue weighted by Crippen LogP contribution is -2.29. The summed E-state index contributed by atoms with van der Waals surface area (Å²) in [7, 11) is 0. The number of carbonyl (C=O) groups is 2. The molecule has 126 valence electrons. The third kappa shape index (κ3) is 5.09. The van der Waals surface area contributed by atoms with Crippen molar-refractivity contribution in [3.63, 3.8) is 0 Å². The smallest absolute Gasteiger partial charge is 0.254 e. The molecular weight excluding hydrogens is 322 g/mol. The van der Waals surface area contributed by atoms with Crippen molar-refractivity contribution in [1.29, 1.82) is 0 Å². The lowest BCUT2D eigenvalue weighted by molar-refractivity contribution is -0.115. The minimum absolute atomic E-state index is 0.0961. The lowest BCUT2D eigenvalue weighted by Gasteiger charge is -2.16. The Balaban J connectivity index is 2.03. The van der Waals surface area contributed by atoms with Gasteiger partial charge in [-0.15, -0.1) is 0 Å². The molecule has 1 aromatic heterocycles. The number of nitrogens with one attached hydrogen (secondary N) is 1. The number of carbonyl (C=O) groups excluding carboxylic acids is 2. The Kier molecular flexibility index (Phi) is 6.81. The topological polar surface area (TPSA) is 85.1 Å². The van der Waals surface area contributed by atoms with Gasteiger partial charge in [-0.3, -0.25) is 9.59 Å². The van der Waals surface area contributed by atoms with Crippen LogP contribution in [0.25, 0.3) is 0 Å². The first-order chi connectivity index (χ1) is 11.6. The molecule has 0 saturated carbocycles. The van der Waals surface area contributed by atoms with E-state index in [0.717, 1.165) is 6.42 Å². The third-order valence-corrected chi connectivity index (χ3v) is 4.67. The number of aromatic nitrogens is 1. The average Bonchev–Trinajstić information content (AvgIpc) is 2.61. The zero-order valence-corrected chi connectivity index (χ0v) is 14.4. The Morgan fingerprint density at radius 3 is 2.62 bits per heavy atom. The van der Waals surface area contributed by atoms with Gasteiger partial charge in [0, 0.05) is 18.7 Å². The normalized spacial score (nSPS) is 11.7. The quantitative estimate of drug-likeness (QED) is 0.722. The lowest BCUT2D eigenvalue weighted by atomic mass is 9.96. The molecule has 1 aromatic carbocycles. The van der Waals surface area contributed by atoms with Crippen LogP contribution in [-0.2, 0) is 4.79 Å². The molecule has 0 aliphatic heterocycles. The first kappa shape index (κ1) is 18.0. The van der Waals surface area contributed by atoms with E-state index in [1.165, 1.54) is 17.3 Å². The largest absolute Gasteiger partial charge is 0.369 e. The number of rotatable bonds is 8. The molecule has 5 nitrogen and oxygen atoms in total. The van der Waals surface area contributed by atoms with Gasteiger partial charge >= 0.3 is 0 Å². The highest BCUT2D eigenvalue weighted by Crippen LogP contribution is 2.21. The standard InChI is InChI=1S/C18H21N3O2S/c1-2-13(14-7-4-3-5-8-14)11-21-17(23)15-9-6-10-20-18(15)24-12-16(19)22/h3-10,13H,2,11-12H2,1H3,(H2,19,22)(H,21,23)/t13-/m1/s1. The van der Waals surface area contributed by atoms with Gasteiger partial charge in [-0.05, 0) is 24.1 Å². The van der Waals surface area contributed by atoms with Crippen LogP contribution in [0.3, 0.4) is 0 Å². The maximum absolute atomic E-state index is 12.5. The number of pyridine rings is 1. The molecule has 0 aliphatic carbocycles. The number of nitrogens with zero attached hydrogens (tertiary/aromatic N) is 1. The van der Waals surface area contributed by atoms with E-state index in [1.54, 1.807) is 18.3 Å². The van der Waals surface area contributed by atoms with Crippen LogP contribution in [0, 0.1) is 0 Å². The summed E-state index contributed by atoms with van der Waals surface area (Å²) in [6.07, 6.45) is 2.53. The highest BCUT2D eigenvalue weighted by atomic mass is 32.2. The number of hydrogen-bond donors (Lipinski definition) is 2. The van der Waals surface area contributed by atoms with E-state index in [4.69, 9.17) is 5.73 Å². The summed E-state index contributed by atoms with van der Waals surface area (Å²) in [5, 5.41) is 3.48. The Labute approximate surface area is 146 Å². The molecule has 0 saturated heterocycles. The van der Waals surface area contributed by atoms with E-state index in [1.807, 2.05) is 18.2 Å². The zero-order chi connectivity index (χ0) is 17.4. The van der Waals surface area contributed by atoms with E-state index in [2.05, 4.69) is 29.4 Å². The Hall–Kier alpha value is -2.34. The van der Waals surface area contributed by atoms with Crippen LogP contribution in [0.4, 0.5) is 0 Å². The molecule has 2 rings (SSSR count). The van der Waals surface area contributed by atoms with E-state index in [0.29, 0.717) is 17.1 Å². The molecule has 2 aromatic rings. The van der Waals surface area contributed by atoms with Crippen molar-refractivity contribution in [3.8, 4) is 0 Å². The predicted octanol–water partition coefficient (Wildman–Crippen LogP) is 2.58. The molecule has 0 radical (unpaired) electrons. The fraction of sp³-hybridized carbons (Fsp3) is 0.278. The van der Waals surface area contributed by atoms with Gasteiger partial charge < -0.3 is 11.1 Å². The maximum Gasteiger partial charge on any atom is 0.254 e. The van der Waals surface area contributed by atoms with Gasteiger partial charge in [0.2, 0.25) is 5.91 Å². The fourth-order valence-corrected chi connectivity index (χ4v) is 3.08. The first-order valence-corrected chi connectivity index (χ1v) is 8.79. The van der Waals surface area contributed by atoms with Crippen molar-refractivity contribution in [2.24, 2.45) is 5.73 Å². The van der Waals surface area contributed by atoms with Crippen LogP contribution in [0.15, 0.2) is 53.7 Å². The minimum atomic E-state index is -0.438. The van der Waals surface area contributed by atoms with Crippen LogP contribution in [0.2, 0.25) is 0 Å². The zero-order valence-electron chi connectivity index (χ0n) is 13.6. The third-order valence-electron chi connectivity index (χ3n) is 3.64. The van der Waals surface area contributed by atoms with Crippen molar-refractivity contribution >= 4 is 23.6 Å². The Bertz CT molecular complexity index is 692. The second-order valence-corrected chi connectivity index (χ2v) is 6.30. The number of amides is 2. The van der Waals surface area contributed by atoms with Crippen molar-refractivity contribution in [1.82, 2.24) is 10.3 Å². The van der Waals surface area contributed by atoms with Crippen molar-refractivity contribution in [3.05, 3.63) is 59.8 Å². The molecular formula is C18H21N3O2S. The van der Waals surface area contributed by atoms with Gasteiger partial charge in [0.25, 0.3) is 5.91 Å². The van der Waals surface area contributed by atoms with Crippen molar-refractivity contribution in [2.45, 2.75) is 24.3 Å². The van der Waals surface area contributed by atoms with Gasteiger partial charge in [0.1, 0.15) is 5.03 Å². The molecule has 24 heavy (non-hydrogen) atoms. The number of thioether (sulfide) groups is 1. The van der Waals surface area contributed by atoms with Crippen LogP contribution >= 0.6 is 11.8 Å². The fourth-order valence-electron chi connectivity index (χ4n) is 2.35. The molecule has 1 heterocycles. The summed E-state index contributed by atoms with van der Waals surface area (Å²) in [5.41, 5.74) is 6.83. The maximum atomic E-state index is 12.5. The summed E-state index contributed by atoms with van der Waals surface area (Å²) in [5.74, 6) is -0.274. The minimum Gasteiger partial charge on any atom is -0.369 e. The average molecular weight is 343 g/mol. The molecule has 0 bridgehead atoms. The number of primary amides is 1. The van der Waals surface area contributed by atoms with Gasteiger partial charge in [-0.25, -0.2) is 4.98 Å². The highest BCUT2D eigenvalue weighted by molar-refractivity contribution is 8.00. The van der Waals surface area contributed by atoms with Crippen LogP contribution in [-0.4, -0.2) is 29.1 Å². The second kappa shape index (κ2) is 9.08. The summed E-state index contributed by atoms with van der Waals surface area (Å²) in [6.45, 7) is 2.65. The SMILES string of the molecule is CC[C@H](CNC(=O)c1cccnc1SCC(N)=O)c1ccccc1. The molecule has 2 amide bonds. The molecule has 0 spiro atoms. The predicted molar refractivity (Wildman–Crippen MR) is 96.0 cm³/mol. The number of hydrogen-bond acceptors (Lipinski definition) is 4. The van der Waals surface area contributed by atoms with Gasteiger partial charge in [-0.1, -0.05) is 49.0 Å². The molecule has 0 fully saturated rings. The van der Waals surface area contributed by atoms with Gasteiger partial charge in [-0.2, -0.15) is 0 Å². The molecule has 0 unspecified atom stereocenters. The van der Waals surface area contributed by atoms with E-state index in [9.17, 15) is 9.59 Å². The monoisotopic (exact) mass is 343 g/mol. The van der Waals surface area contributed by atoms with E-state index in [-0.39, 0.29) is 17.6 Å². The van der Waals surface area contributed by atoms with Crippen molar-refractivity contribution in [2.75, 3.05) is 12.3 Å². The summed E-state index contributed by atoms with van der Waals surface area (Å²) in [4.78, 5) is 27.6. The molecule has 3 N–H and O–H groups in total. The van der Waals surface area contributed by atoms with Crippen LogP contribution in [0.1, 0.15) is 35.2 Å².